The Balaban J connectivity index is 4.40. The van der Waals surface area contributed by atoms with Crippen LogP contribution in [0.15, 0.2) is 0 Å². The number of carbonyl (C=O) groups excluding carboxylic acids is 1. The first-order chi connectivity index (χ1) is 8.73. The summed E-state index contributed by atoms with van der Waals surface area (Å²) >= 11 is 0. The van der Waals surface area contributed by atoms with E-state index in [-0.39, 0.29) is 18.9 Å². The Labute approximate surface area is 115 Å². The standard InChI is InChI=1S/C11H24N2O5S/c1-5-6-19(16,17)12-9(2)11(15)13(3)7-10(14)8-18-4/h9-10,12,14H,5-8H2,1-4H3. The molecule has 0 rings (SSSR count). The van der Waals surface area contributed by atoms with E-state index in [1.54, 1.807) is 6.92 Å². The average Bonchev–Trinajstić information content (AvgIpc) is 2.27. The number of hydrogen-bond donors (Lipinski definition) is 2. The van der Waals surface area contributed by atoms with Crippen molar-refractivity contribution >= 4 is 15.9 Å². The Morgan fingerprint density at radius 2 is 2.05 bits per heavy atom. The van der Waals surface area contributed by atoms with Gasteiger partial charge in [-0.05, 0) is 13.3 Å². The molecule has 0 saturated heterocycles. The quantitative estimate of drug-likeness (QED) is 0.579. The molecule has 1 amide bonds. The van der Waals surface area contributed by atoms with Crippen LogP contribution in [0.2, 0.25) is 0 Å². The van der Waals surface area contributed by atoms with Crippen LogP contribution < -0.4 is 4.72 Å². The largest absolute Gasteiger partial charge is 0.389 e. The first-order valence-electron chi connectivity index (χ1n) is 6.15. The monoisotopic (exact) mass is 296 g/mol. The van der Waals surface area contributed by atoms with Crippen molar-refractivity contribution in [3.8, 4) is 0 Å². The van der Waals surface area contributed by atoms with Crippen LogP contribution in [-0.2, 0) is 19.6 Å². The number of carbonyl (C=O) groups is 1. The number of aliphatic hydroxyl groups is 1. The second kappa shape index (κ2) is 8.47. The van der Waals surface area contributed by atoms with Crippen LogP contribution >= 0.6 is 0 Å². The molecule has 0 aromatic carbocycles. The molecule has 0 bridgehead atoms. The van der Waals surface area contributed by atoms with Crippen molar-refractivity contribution < 1.29 is 23.1 Å². The molecule has 0 aliphatic carbocycles. The molecule has 0 spiro atoms. The molecule has 2 unspecified atom stereocenters. The van der Waals surface area contributed by atoms with Crippen LogP contribution in [0.25, 0.3) is 0 Å². The van der Waals surface area contributed by atoms with Gasteiger partial charge in [-0.2, -0.15) is 0 Å². The zero-order valence-electron chi connectivity index (χ0n) is 11.9. The van der Waals surface area contributed by atoms with Gasteiger partial charge in [-0.25, -0.2) is 13.1 Å². The zero-order chi connectivity index (χ0) is 15.1. The van der Waals surface area contributed by atoms with Gasteiger partial charge in [0.05, 0.1) is 24.5 Å². The molecule has 0 aromatic rings. The minimum atomic E-state index is -3.43. The van der Waals surface area contributed by atoms with Crippen LogP contribution in [-0.4, -0.2) is 69.5 Å². The number of methoxy groups -OCH3 is 1. The van der Waals surface area contributed by atoms with Crippen molar-refractivity contribution in [1.29, 1.82) is 0 Å². The van der Waals surface area contributed by atoms with Gasteiger partial charge in [0, 0.05) is 20.7 Å². The molecular formula is C11H24N2O5S. The fourth-order valence-corrected chi connectivity index (χ4v) is 2.92. The second-order valence-corrected chi connectivity index (χ2v) is 6.36. The maximum absolute atomic E-state index is 11.9. The molecule has 0 radical (unpaired) electrons. The summed E-state index contributed by atoms with van der Waals surface area (Å²) in [4.78, 5) is 13.2. The number of hydrogen-bond acceptors (Lipinski definition) is 5. The highest BCUT2D eigenvalue weighted by Crippen LogP contribution is 1.98. The van der Waals surface area contributed by atoms with Gasteiger partial charge in [0.15, 0.2) is 0 Å². The molecule has 0 aliphatic rings. The van der Waals surface area contributed by atoms with Crippen molar-refractivity contribution in [2.45, 2.75) is 32.4 Å². The highest BCUT2D eigenvalue weighted by molar-refractivity contribution is 7.89. The van der Waals surface area contributed by atoms with E-state index in [4.69, 9.17) is 4.74 Å². The van der Waals surface area contributed by atoms with Crippen molar-refractivity contribution in [2.24, 2.45) is 0 Å². The Kier molecular flexibility index (Phi) is 8.15. The highest BCUT2D eigenvalue weighted by atomic mass is 32.2. The van der Waals surface area contributed by atoms with Crippen molar-refractivity contribution in [2.75, 3.05) is 33.1 Å². The SMILES string of the molecule is CCCS(=O)(=O)NC(C)C(=O)N(C)CC(O)COC. The van der Waals surface area contributed by atoms with Crippen molar-refractivity contribution in [3.05, 3.63) is 0 Å². The fourth-order valence-electron chi connectivity index (χ4n) is 1.63. The van der Waals surface area contributed by atoms with Crippen LogP contribution in [0, 0.1) is 0 Å². The lowest BCUT2D eigenvalue weighted by Gasteiger charge is -2.24. The van der Waals surface area contributed by atoms with E-state index in [0.717, 1.165) is 0 Å². The molecule has 2 atom stereocenters. The Bertz CT molecular complexity index is 371. The summed E-state index contributed by atoms with van der Waals surface area (Å²) in [5.41, 5.74) is 0. The molecule has 2 N–H and O–H groups in total. The number of likely N-dealkylation sites (N-methyl/N-ethyl adjacent to an activating group) is 1. The van der Waals surface area contributed by atoms with E-state index in [1.807, 2.05) is 0 Å². The Morgan fingerprint density at radius 1 is 1.47 bits per heavy atom. The third-order valence-corrected chi connectivity index (χ3v) is 4.08. The number of nitrogens with one attached hydrogen (secondary N) is 1. The van der Waals surface area contributed by atoms with Crippen LogP contribution in [0.3, 0.4) is 0 Å². The molecule has 0 aliphatic heterocycles. The van der Waals surface area contributed by atoms with Gasteiger partial charge >= 0.3 is 0 Å². The maximum Gasteiger partial charge on any atom is 0.240 e. The zero-order valence-corrected chi connectivity index (χ0v) is 12.7. The van der Waals surface area contributed by atoms with E-state index in [9.17, 15) is 18.3 Å². The summed E-state index contributed by atoms with van der Waals surface area (Å²) in [6.45, 7) is 3.44. The molecule has 19 heavy (non-hydrogen) atoms. The van der Waals surface area contributed by atoms with Crippen molar-refractivity contribution in [3.63, 3.8) is 0 Å². The number of rotatable bonds is 9. The molecule has 8 heteroatoms. The van der Waals surface area contributed by atoms with Gasteiger partial charge in [0.1, 0.15) is 0 Å². The van der Waals surface area contributed by atoms with Crippen LogP contribution in [0.5, 0.6) is 0 Å². The summed E-state index contributed by atoms with van der Waals surface area (Å²) in [5.74, 6) is -0.407. The molecule has 0 saturated carbocycles. The predicted octanol–water partition coefficient (Wildman–Crippen LogP) is -0.830. The van der Waals surface area contributed by atoms with Crippen molar-refractivity contribution in [1.82, 2.24) is 9.62 Å². The molecular weight excluding hydrogens is 272 g/mol. The van der Waals surface area contributed by atoms with E-state index in [1.165, 1.54) is 26.0 Å². The van der Waals surface area contributed by atoms with Gasteiger partial charge in [-0.3, -0.25) is 4.79 Å². The summed E-state index contributed by atoms with van der Waals surface area (Å²) in [7, 11) is -0.476. The number of sulfonamides is 1. The molecule has 0 fully saturated rings. The van der Waals surface area contributed by atoms with Crippen LogP contribution in [0.1, 0.15) is 20.3 Å². The first kappa shape index (κ1) is 18.3. The van der Waals surface area contributed by atoms with Gasteiger partial charge in [0.2, 0.25) is 15.9 Å². The maximum atomic E-state index is 11.9. The molecule has 114 valence electrons. The smallest absolute Gasteiger partial charge is 0.240 e. The average molecular weight is 296 g/mol. The third kappa shape index (κ3) is 7.46. The normalized spacial score (nSPS) is 15.0. The molecule has 0 aromatic heterocycles. The Morgan fingerprint density at radius 3 is 2.53 bits per heavy atom. The Hall–Kier alpha value is -0.700. The predicted molar refractivity (Wildman–Crippen MR) is 72.2 cm³/mol. The van der Waals surface area contributed by atoms with Gasteiger partial charge in [0.25, 0.3) is 0 Å². The minimum absolute atomic E-state index is 0.0133. The number of aliphatic hydroxyl groups excluding tert-OH is 1. The minimum Gasteiger partial charge on any atom is -0.389 e. The number of ether oxygens (including phenoxy) is 1. The van der Waals surface area contributed by atoms with Gasteiger partial charge in [-0.1, -0.05) is 6.92 Å². The lowest BCUT2D eigenvalue weighted by atomic mass is 10.3. The summed E-state index contributed by atoms with van der Waals surface area (Å²) in [6, 6.07) is -0.851. The number of amides is 1. The summed E-state index contributed by atoms with van der Waals surface area (Å²) < 4.78 is 30.2. The number of nitrogens with zero attached hydrogens (tertiary/aromatic N) is 1. The van der Waals surface area contributed by atoms with E-state index >= 15 is 0 Å². The molecule has 7 nitrogen and oxygen atoms in total. The van der Waals surface area contributed by atoms with Gasteiger partial charge in [-0.15, -0.1) is 0 Å². The third-order valence-electron chi connectivity index (χ3n) is 2.42. The topological polar surface area (TPSA) is 95.9 Å². The second-order valence-electron chi connectivity index (χ2n) is 4.49. The van der Waals surface area contributed by atoms with Gasteiger partial charge < -0.3 is 14.7 Å². The van der Waals surface area contributed by atoms with E-state index < -0.39 is 28.1 Å². The lowest BCUT2D eigenvalue weighted by molar-refractivity contribution is -0.132. The first-order valence-corrected chi connectivity index (χ1v) is 7.80. The molecule has 0 heterocycles. The van der Waals surface area contributed by atoms with E-state index in [2.05, 4.69) is 4.72 Å². The van der Waals surface area contributed by atoms with E-state index in [0.29, 0.717) is 6.42 Å². The van der Waals surface area contributed by atoms with Crippen LogP contribution in [0.4, 0.5) is 0 Å². The lowest BCUT2D eigenvalue weighted by Crippen LogP contribution is -2.48. The summed E-state index contributed by atoms with van der Waals surface area (Å²) in [5, 5.41) is 9.51. The highest BCUT2D eigenvalue weighted by Gasteiger charge is 2.23. The fraction of sp³-hybridized carbons (Fsp3) is 0.909. The summed E-state index contributed by atoms with van der Waals surface area (Å²) in [6.07, 6.45) is -0.308.